The molecule has 0 heterocycles. The van der Waals surface area contributed by atoms with Gasteiger partial charge in [-0.05, 0) is 25.7 Å². The van der Waals surface area contributed by atoms with Crippen molar-refractivity contribution in [2.45, 2.75) is 85.7 Å². The van der Waals surface area contributed by atoms with Crippen molar-refractivity contribution in [3.8, 4) is 0 Å². The highest BCUT2D eigenvalue weighted by Gasteiger charge is 2.26. The molecule has 2 atom stereocenters. The molecule has 0 aliphatic carbocycles. The quantitative estimate of drug-likeness (QED) is 0.334. The van der Waals surface area contributed by atoms with Crippen LogP contribution in [0.15, 0.2) is 0 Å². The summed E-state index contributed by atoms with van der Waals surface area (Å²) in [4.78, 5) is 46.9. The van der Waals surface area contributed by atoms with Crippen molar-refractivity contribution in [3.63, 3.8) is 0 Å². The van der Waals surface area contributed by atoms with E-state index in [0.29, 0.717) is 25.8 Å². The van der Waals surface area contributed by atoms with Crippen LogP contribution in [0.25, 0.3) is 0 Å². The fourth-order valence-electron chi connectivity index (χ4n) is 2.16. The molecule has 0 saturated heterocycles. The van der Waals surface area contributed by atoms with Gasteiger partial charge in [0.25, 0.3) is 0 Å². The molecule has 0 rings (SSSR count). The van der Waals surface area contributed by atoms with Crippen LogP contribution in [-0.2, 0) is 19.2 Å². The lowest BCUT2D eigenvalue weighted by molar-refractivity contribution is -0.132. The van der Waals surface area contributed by atoms with Gasteiger partial charge in [0.1, 0.15) is 11.9 Å². The Morgan fingerprint density at radius 3 is 1.93 bits per heavy atom. The Labute approximate surface area is 174 Å². The van der Waals surface area contributed by atoms with E-state index in [1.807, 2.05) is 13.8 Å². The number of amides is 3. The smallest absolute Gasteiger partial charge is 0.243 e. The first kappa shape index (κ1) is 28.6. The van der Waals surface area contributed by atoms with Gasteiger partial charge in [0.2, 0.25) is 17.7 Å². The first-order valence-electron chi connectivity index (χ1n) is 10.1. The number of carbonyl (C=O) groups excluding carboxylic acids is 4. The van der Waals surface area contributed by atoms with Gasteiger partial charge in [-0.1, -0.05) is 41.0 Å². The average molecular weight is 420 g/mol. The molecule has 0 saturated carbocycles. The van der Waals surface area contributed by atoms with Crippen LogP contribution in [0, 0.1) is 5.92 Å². The topological polar surface area (TPSA) is 104 Å². The third-order valence-electron chi connectivity index (χ3n) is 3.73. The van der Waals surface area contributed by atoms with E-state index in [0.717, 1.165) is 0 Å². The minimum atomic E-state index is -0.685. The minimum absolute atomic E-state index is 0.0545. The van der Waals surface area contributed by atoms with Crippen LogP contribution in [0.1, 0.15) is 73.6 Å². The highest BCUT2D eigenvalue weighted by atomic mass is 35.5. The van der Waals surface area contributed by atoms with Crippen molar-refractivity contribution in [3.05, 3.63) is 0 Å². The van der Waals surface area contributed by atoms with Crippen molar-refractivity contribution >= 4 is 35.1 Å². The van der Waals surface area contributed by atoms with Crippen LogP contribution in [0.3, 0.4) is 0 Å². The number of ketones is 1. The molecule has 0 aliphatic heterocycles. The first-order chi connectivity index (χ1) is 13.1. The Hall–Kier alpha value is -1.63. The lowest BCUT2D eigenvalue weighted by Crippen LogP contribution is -2.52. The number of nitrogens with one attached hydrogen (secondary N) is 3. The maximum absolute atomic E-state index is 12.3. The number of unbranched alkanes of at least 4 members (excludes halogenated alkanes) is 1. The maximum Gasteiger partial charge on any atom is 0.243 e. The molecule has 0 aromatic heterocycles. The molecule has 0 spiro atoms. The zero-order valence-corrected chi connectivity index (χ0v) is 18.9. The summed E-state index contributed by atoms with van der Waals surface area (Å²) in [7, 11) is 0. The Bertz CT molecular complexity index is 484. The Balaban J connectivity index is 0. The highest BCUT2D eigenvalue weighted by molar-refractivity contribution is 6.27. The SMILES string of the molecule is CCC.CCC(=O)[C@H](C)NC(=O)C(NC(=O)CCCCNC(=O)CCl)C(C)C. The number of Topliss-reactive ketones (excluding diaryl/α,β-unsaturated/α-hetero) is 1. The van der Waals surface area contributed by atoms with Crippen LogP contribution in [0.5, 0.6) is 0 Å². The van der Waals surface area contributed by atoms with Crippen LogP contribution in [0.2, 0.25) is 0 Å². The molecule has 3 N–H and O–H groups in total. The van der Waals surface area contributed by atoms with E-state index in [9.17, 15) is 19.2 Å². The van der Waals surface area contributed by atoms with E-state index in [-0.39, 0.29) is 41.7 Å². The molecule has 8 heteroatoms. The first-order valence-corrected chi connectivity index (χ1v) is 10.6. The third-order valence-corrected chi connectivity index (χ3v) is 3.97. The second-order valence-electron chi connectivity index (χ2n) is 6.99. The lowest BCUT2D eigenvalue weighted by atomic mass is 10.0. The van der Waals surface area contributed by atoms with Gasteiger partial charge in [-0.15, -0.1) is 11.6 Å². The largest absolute Gasteiger partial charge is 0.355 e. The van der Waals surface area contributed by atoms with Gasteiger partial charge in [0, 0.05) is 19.4 Å². The fourth-order valence-corrected chi connectivity index (χ4v) is 2.25. The predicted octanol–water partition coefficient (Wildman–Crippen LogP) is 2.55. The zero-order valence-electron chi connectivity index (χ0n) is 18.2. The minimum Gasteiger partial charge on any atom is -0.355 e. The summed E-state index contributed by atoms with van der Waals surface area (Å²) in [5.74, 6) is -1.06. The van der Waals surface area contributed by atoms with Crippen LogP contribution < -0.4 is 16.0 Å². The standard InChI is InChI=1S/C17H30ClN3O4.C3H8/c1-5-13(22)12(4)20-17(25)16(11(2)3)21-14(23)8-6-7-9-19-15(24)10-18;1-3-2/h11-12,16H,5-10H2,1-4H3,(H,19,24)(H,20,25)(H,21,23);3H2,1-2H3/t12-,16?;/m0./s1. The Morgan fingerprint density at radius 2 is 1.46 bits per heavy atom. The van der Waals surface area contributed by atoms with Gasteiger partial charge >= 0.3 is 0 Å². The van der Waals surface area contributed by atoms with E-state index in [1.54, 1.807) is 13.8 Å². The summed E-state index contributed by atoms with van der Waals surface area (Å²) in [6.45, 7) is 11.8. The summed E-state index contributed by atoms with van der Waals surface area (Å²) in [6.07, 6.45) is 3.10. The van der Waals surface area contributed by atoms with E-state index < -0.39 is 12.1 Å². The predicted molar refractivity (Wildman–Crippen MR) is 113 cm³/mol. The van der Waals surface area contributed by atoms with Crippen molar-refractivity contribution in [1.82, 2.24) is 16.0 Å². The van der Waals surface area contributed by atoms with Crippen LogP contribution in [-0.4, -0.2) is 48.0 Å². The van der Waals surface area contributed by atoms with Crippen molar-refractivity contribution in [2.24, 2.45) is 5.92 Å². The monoisotopic (exact) mass is 419 g/mol. The fraction of sp³-hybridized carbons (Fsp3) is 0.800. The van der Waals surface area contributed by atoms with Gasteiger partial charge in [-0.2, -0.15) is 0 Å². The number of alkyl halides is 1. The van der Waals surface area contributed by atoms with Crippen molar-refractivity contribution in [2.75, 3.05) is 12.4 Å². The second kappa shape index (κ2) is 17.5. The third kappa shape index (κ3) is 14.4. The summed E-state index contributed by atoms with van der Waals surface area (Å²) in [5.41, 5.74) is 0. The van der Waals surface area contributed by atoms with E-state index >= 15 is 0 Å². The molecule has 7 nitrogen and oxygen atoms in total. The van der Waals surface area contributed by atoms with Gasteiger partial charge in [0.05, 0.1) is 6.04 Å². The van der Waals surface area contributed by atoms with Crippen molar-refractivity contribution in [1.29, 1.82) is 0 Å². The summed E-state index contributed by atoms with van der Waals surface area (Å²) in [5, 5.41) is 7.99. The molecule has 28 heavy (non-hydrogen) atoms. The highest BCUT2D eigenvalue weighted by Crippen LogP contribution is 2.05. The summed E-state index contributed by atoms with van der Waals surface area (Å²) in [6, 6.07) is -1.25. The molecule has 0 radical (unpaired) electrons. The lowest BCUT2D eigenvalue weighted by Gasteiger charge is -2.23. The van der Waals surface area contributed by atoms with Gasteiger partial charge in [-0.3, -0.25) is 19.2 Å². The van der Waals surface area contributed by atoms with Gasteiger partial charge in [-0.25, -0.2) is 0 Å². The van der Waals surface area contributed by atoms with E-state index in [2.05, 4.69) is 29.8 Å². The molecule has 0 aromatic rings. The number of halogens is 1. The Kier molecular flexibility index (Phi) is 17.8. The summed E-state index contributed by atoms with van der Waals surface area (Å²) < 4.78 is 0. The second-order valence-corrected chi connectivity index (χ2v) is 7.25. The molecular formula is C20H38ClN3O4. The zero-order chi connectivity index (χ0) is 22.1. The van der Waals surface area contributed by atoms with Gasteiger partial charge in [0.15, 0.2) is 5.78 Å². The number of hydrogen-bond donors (Lipinski definition) is 3. The molecule has 3 amide bonds. The molecule has 1 unspecified atom stereocenters. The molecule has 0 fully saturated rings. The molecule has 164 valence electrons. The normalized spacial score (nSPS) is 12.3. The number of carbonyl (C=O) groups is 4. The van der Waals surface area contributed by atoms with Crippen LogP contribution in [0.4, 0.5) is 0 Å². The van der Waals surface area contributed by atoms with Gasteiger partial charge < -0.3 is 16.0 Å². The van der Waals surface area contributed by atoms with E-state index in [4.69, 9.17) is 11.6 Å². The van der Waals surface area contributed by atoms with E-state index in [1.165, 1.54) is 6.42 Å². The molecular weight excluding hydrogens is 382 g/mol. The molecule has 0 aromatic carbocycles. The maximum atomic E-state index is 12.3. The van der Waals surface area contributed by atoms with Crippen LogP contribution >= 0.6 is 11.6 Å². The number of hydrogen-bond acceptors (Lipinski definition) is 4. The number of rotatable bonds is 12. The van der Waals surface area contributed by atoms with Crippen molar-refractivity contribution < 1.29 is 19.2 Å². The Morgan fingerprint density at radius 1 is 0.893 bits per heavy atom. The molecule has 0 bridgehead atoms. The molecule has 0 aliphatic rings. The average Bonchev–Trinajstić information content (AvgIpc) is 2.64. The summed E-state index contributed by atoms with van der Waals surface area (Å²) >= 11 is 5.36.